The van der Waals surface area contributed by atoms with Crippen molar-refractivity contribution in [3.63, 3.8) is 0 Å². The van der Waals surface area contributed by atoms with E-state index >= 15 is 0 Å². The van der Waals surface area contributed by atoms with E-state index in [2.05, 4.69) is 29.9 Å². The van der Waals surface area contributed by atoms with Gasteiger partial charge in [-0.3, -0.25) is 14.3 Å². The van der Waals surface area contributed by atoms with Crippen molar-refractivity contribution in [2.75, 3.05) is 5.32 Å². The van der Waals surface area contributed by atoms with E-state index in [1.165, 1.54) is 12.1 Å². The van der Waals surface area contributed by atoms with Crippen molar-refractivity contribution in [2.45, 2.75) is 0 Å². The number of amides is 1. The molecule has 0 saturated carbocycles. The summed E-state index contributed by atoms with van der Waals surface area (Å²) in [4.78, 5) is 33.4. The fourth-order valence-electron chi connectivity index (χ4n) is 2.42. The number of aromatic nitrogens is 5. The molecular formula is C16H10Cl2N6O4. The summed E-state index contributed by atoms with van der Waals surface area (Å²) in [6.07, 6.45) is 3.23. The minimum absolute atomic E-state index is 0.142. The lowest BCUT2D eigenvalue weighted by Crippen LogP contribution is -2.14. The standard InChI is InChI=1S/C16H10Cl2N6O4/c1-24-6-20-10-5-19-12(4-11(10)24)27-13-8(17)2-7(3-9(13)18)21-15(25)14-22-16(26)28-23-14/h2-6H,1H3,(H,21,25)(H,22,23,26). The molecule has 0 atom stereocenters. The molecule has 3 aromatic heterocycles. The van der Waals surface area contributed by atoms with Gasteiger partial charge in [-0.25, -0.2) is 14.8 Å². The number of carbonyl (C=O) groups is 1. The van der Waals surface area contributed by atoms with Crippen LogP contribution in [0.4, 0.5) is 5.69 Å². The smallest absolute Gasteiger partial charge is 0.436 e. The number of nitrogens with zero attached hydrogens (tertiary/aromatic N) is 4. The quantitative estimate of drug-likeness (QED) is 0.519. The van der Waals surface area contributed by atoms with Gasteiger partial charge >= 0.3 is 5.76 Å². The van der Waals surface area contributed by atoms with Crippen LogP contribution in [0.5, 0.6) is 11.6 Å². The highest BCUT2D eigenvalue weighted by Crippen LogP contribution is 2.38. The van der Waals surface area contributed by atoms with Crippen molar-refractivity contribution >= 4 is 45.8 Å². The summed E-state index contributed by atoms with van der Waals surface area (Å²) in [5.41, 5.74) is 1.81. The Bertz CT molecular complexity index is 1240. The van der Waals surface area contributed by atoms with Crippen LogP contribution in [0.2, 0.25) is 10.0 Å². The van der Waals surface area contributed by atoms with Crippen molar-refractivity contribution in [1.29, 1.82) is 0 Å². The van der Waals surface area contributed by atoms with Crippen LogP contribution in [0.15, 0.2) is 40.0 Å². The van der Waals surface area contributed by atoms with Gasteiger partial charge in [-0.05, 0) is 17.3 Å². The number of hydrogen-bond acceptors (Lipinski definition) is 7. The monoisotopic (exact) mass is 420 g/mol. The third-order valence-corrected chi connectivity index (χ3v) is 4.27. The number of imidazole rings is 1. The van der Waals surface area contributed by atoms with E-state index < -0.39 is 11.7 Å². The number of hydrogen-bond donors (Lipinski definition) is 2. The van der Waals surface area contributed by atoms with E-state index in [-0.39, 0.29) is 33.2 Å². The van der Waals surface area contributed by atoms with Gasteiger partial charge in [0.1, 0.15) is 5.52 Å². The van der Waals surface area contributed by atoms with E-state index in [9.17, 15) is 9.59 Å². The lowest BCUT2D eigenvalue weighted by atomic mass is 10.3. The molecule has 4 rings (SSSR count). The van der Waals surface area contributed by atoms with E-state index in [1.807, 2.05) is 11.6 Å². The summed E-state index contributed by atoms with van der Waals surface area (Å²) in [5.74, 6) is -1.38. The summed E-state index contributed by atoms with van der Waals surface area (Å²) in [7, 11) is 1.85. The Morgan fingerprint density at radius 2 is 2.00 bits per heavy atom. The Balaban J connectivity index is 1.59. The molecule has 0 aliphatic heterocycles. The zero-order chi connectivity index (χ0) is 19.8. The molecular weight excluding hydrogens is 411 g/mol. The number of pyridine rings is 1. The summed E-state index contributed by atoms with van der Waals surface area (Å²) in [5, 5.41) is 6.07. The summed E-state index contributed by atoms with van der Waals surface area (Å²) >= 11 is 12.5. The Hall–Kier alpha value is -3.37. The van der Waals surface area contributed by atoms with Crippen LogP contribution in [-0.4, -0.2) is 30.6 Å². The normalized spacial score (nSPS) is 11.0. The number of carbonyl (C=O) groups excluding carboxylic acids is 1. The molecule has 0 aliphatic rings. The van der Waals surface area contributed by atoms with Crippen LogP contribution in [0.1, 0.15) is 10.6 Å². The Morgan fingerprint density at radius 3 is 2.68 bits per heavy atom. The first-order chi connectivity index (χ1) is 13.4. The maximum atomic E-state index is 12.0. The number of ether oxygens (including phenoxy) is 1. The first-order valence-electron chi connectivity index (χ1n) is 7.72. The topological polar surface area (TPSA) is 128 Å². The van der Waals surface area contributed by atoms with Gasteiger partial charge in [-0.15, -0.1) is 0 Å². The molecule has 142 valence electrons. The number of rotatable bonds is 4. The molecule has 0 aliphatic carbocycles. The first kappa shape index (κ1) is 18.0. The molecule has 1 amide bonds. The first-order valence-corrected chi connectivity index (χ1v) is 8.47. The average Bonchev–Trinajstić information content (AvgIpc) is 3.24. The van der Waals surface area contributed by atoms with Gasteiger partial charge in [-0.1, -0.05) is 23.2 Å². The van der Waals surface area contributed by atoms with Gasteiger partial charge in [0.25, 0.3) is 5.91 Å². The van der Waals surface area contributed by atoms with Crippen LogP contribution in [0, 0.1) is 0 Å². The molecule has 0 bridgehead atoms. The molecule has 0 spiro atoms. The van der Waals surface area contributed by atoms with Gasteiger partial charge in [0, 0.05) is 18.8 Å². The largest absolute Gasteiger partial charge is 0.439 e. The van der Waals surface area contributed by atoms with Crippen molar-refractivity contribution in [1.82, 2.24) is 24.7 Å². The molecule has 3 heterocycles. The van der Waals surface area contributed by atoms with Gasteiger partial charge < -0.3 is 14.6 Å². The second kappa shape index (κ2) is 6.98. The van der Waals surface area contributed by atoms with E-state index in [0.29, 0.717) is 0 Å². The number of aryl methyl sites for hydroxylation is 1. The van der Waals surface area contributed by atoms with Gasteiger partial charge in [0.05, 0.1) is 28.1 Å². The van der Waals surface area contributed by atoms with Crippen molar-refractivity contribution in [3.8, 4) is 11.6 Å². The molecule has 0 fully saturated rings. The maximum Gasteiger partial charge on any atom is 0.439 e. The highest BCUT2D eigenvalue weighted by molar-refractivity contribution is 6.37. The summed E-state index contributed by atoms with van der Waals surface area (Å²) in [6, 6.07) is 4.56. The Labute approximate surface area is 166 Å². The molecule has 12 heteroatoms. The van der Waals surface area contributed by atoms with E-state index in [0.717, 1.165) is 11.0 Å². The lowest BCUT2D eigenvalue weighted by molar-refractivity contribution is 0.101. The summed E-state index contributed by atoms with van der Waals surface area (Å²) in [6.45, 7) is 0. The second-order valence-electron chi connectivity index (χ2n) is 5.64. The fourth-order valence-corrected chi connectivity index (χ4v) is 2.98. The summed E-state index contributed by atoms with van der Waals surface area (Å²) < 4.78 is 11.8. The average molecular weight is 421 g/mol. The Kier molecular flexibility index (Phi) is 4.49. The number of benzene rings is 1. The van der Waals surface area contributed by atoms with Crippen LogP contribution in [-0.2, 0) is 7.05 Å². The molecule has 28 heavy (non-hydrogen) atoms. The maximum absolute atomic E-state index is 12.0. The van der Waals surface area contributed by atoms with Gasteiger partial charge in [-0.2, -0.15) is 0 Å². The van der Waals surface area contributed by atoms with Crippen LogP contribution >= 0.6 is 23.2 Å². The van der Waals surface area contributed by atoms with E-state index in [1.54, 1.807) is 18.6 Å². The Morgan fingerprint density at radius 1 is 1.25 bits per heavy atom. The molecule has 2 N–H and O–H groups in total. The second-order valence-corrected chi connectivity index (χ2v) is 6.45. The van der Waals surface area contributed by atoms with Crippen molar-refractivity contribution in [2.24, 2.45) is 7.05 Å². The zero-order valence-electron chi connectivity index (χ0n) is 14.1. The number of halogens is 2. The zero-order valence-corrected chi connectivity index (χ0v) is 15.6. The third kappa shape index (κ3) is 3.42. The van der Waals surface area contributed by atoms with Crippen molar-refractivity contribution in [3.05, 3.63) is 57.1 Å². The van der Waals surface area contributed by atoms with Gasteiger partial charge in [0.15, 0.2) is 5.75 Å². The predicted octanol–water partition coefficient (Wildman–Crippen LogP) is 3.00. The molecule has 0 radical (unpaired) electrons. The predicted molar refractivity (Wildman–Crippen MR) is 100 cm³/mol. The van der Waals surface area contributed by atoms with Crippen LogP contribution < -0.4 is 15.8 Å². The molecule has 0 unspecified atom stereocenters. The molecule has 0 saturated heterocycles. The fraction of sp³-hybridized carbons (Fsp3) is 0.0625. The number of fused-ring (bicyclic) bond motifs is 1. The number of nitrogens with one attached hydrogen (secondary N) is 2. The highest BCUT2D eigenvalue weighted by atomic mass is 35.5. The number of anilines is 1. The molecule has 4 aromatic rings. The van der Waals surface area contributed by atoms with Crippen molar-refractivity contribution < 1.29 is 14.1 Å². The number of H-pyrrole nitrogens is 1. The third-order valence-electron chi connectivity index (χ3n) is 3.70. The minimum Gasteiger partial charge on any atom is -0.436 e. The molecule has 1 aromatic carbocycles. The molecule has 10 nitrogen and oxygen atoms in total. The van der Waals surface area contributed by atoms with Crippen LogP contribution in [0.3, 0.4) is 0 Å². The SMILES string of the molecule is Cn1cnc2cnc(Oc3c(Cl)cc(NC(=O)c4noc(=O)[nH]4)cc3Cl)cc21. The van der Waals surface area contributed by atoms with Crippen LogP contribution in [0.25, 0.3) is 11.0 Å². The van der Waals surface area contributed by atoms with Gasteiger partial charge in [0.2, 0.25) is 11.7 Å². The highest BCUT2D eigenvalue weighted by Gasteiger charge is 2.16. The number of aromatic amines is 1. The van der Waals surface area contributed by atoms with E-state index in [4.69, 9.17) is 27.9 Å². The lowest BCUT2D eigenvalue weighted by Gasteiger charge is -2.11. The minimum atomic E-state index is -0.845.